The summed E-state index contributed by atoms with van der Waals surface area (Å²) in [6.07, 6.45) is 0. The van der Waals surface area contributed by atoms with Crippen molar-refractivity contribution in [3.05, 3.63) is 34.7 Å². The number of azide groups is 1. The van der Waals surface area contributed by atoms with Gasteiger partial charge in [-0.3, -0.25) is 4.79 Å². The topological polar surface area (TPSA) is 75.1 Å². The van der Waals surface area contributed by atoms with Crippen LogP contribution in [0.25, 0.3) is 10.4 Å². The van der Waals surface area contributed by atoms with Crippen LogP contribution in [0.4, 0.5) is 5.69 Å². The van der Waals surface area contributed by atoms with Gasteiger partial charge in [0.15, 0.2) is 0 Å². The van der Waals surface area contributed by atoms with Gasteiger partial charge >= 0.3 is 5.97 Å². The van der Waals surface area contributed by atoms with Gasteiger partial charge in [0.25, 0.3) is 0 Å². The Bertz CT molecular complexity index is 369. The molecule has 1 aromatic carbocycles. The zero-order valence-electron chi connectivity index (χ0n) is 6.97. The summed E-state index contributed by atoms with van der Waals surface area (Å²) in [5.74, 6) is -0.0320. The second kappa shape index (κ2) is 4.13. The molecule has 0 bridgehead atoms. The largest absolute Gasteiger partial charge is 0.427 e. The van der Waals surface area contributed by atoms with Gasteiger partial charge in [0, 0.05) is 17.5 Å². The Morgan fingerprint density at radius 2 is 2.38 bits per heavy atom. The average Bonchev–Trinajstić information content (AvgIpc) is 2.04. The number of esters is 1. The van der Waals surface area contributed by atoms with Crippen molar-refractivity contribution in [2.45, 2.75) is 6.92 Å². The molecule has 0 saturated carbocycles. The van der Waals surface area contributed by atoms with Gasteiger partial charge < -0.3 is 4.74 Å². The molecule has 5 heteroatoms. The third-order valence-electron chi connectivity index (χ3n) is 1.24. The van der Waals surface area contributed by atoms with Crippen LogP contribution in [-0.2, 0) is 4.79 Å². The molecule has 5 nitrogen and oxygen atoms in total. The van der Waals surface area contributed by atoms with Crippen molar-refractivity contribution < 1.29 is 9.53 Å². The molecule has 1 rings (SSSR count). The maximum absolute atomic E-state index is 10.6. The molecule has 0 radical (unpaired) electrons. The van der Waals surface area contributed by atoms with Crippen LogP contribution in [0.1, 0.15) is 6.92 Å². The van der Waals surface area contributed by atoms with Crippen LogP contribution in [0.2, 0.25) is 0 Å². The van der Waals surface area contributed by atoms with E-state index in [-0.39, 0.29) is 0 Å². The lowest BCUT2D eigenvalue weighted by molar-refractivity contribution is -0.131. The van der Waals surface area contributed by atoms with E-state index in [1.165, 1.54) is 13.0 Å². The minimum absolute atomic E-state index is 0.373. The van der Waals surface area contributed by atoms with Crippen LogP contribution in [-0.4, -0.2) is 5.97 Å². The number of nitrogens with zero attached hydrogens (tertiary/aromatic N) is 3. The van der Waals surface area contributed by atoms with Gasteiger partial charge in [0.1, 0.15) is 5.75 Å². The molecule has 0 spiro atoms. The molecule has 1 aromatic rings. The van der Waals surface area contributed by atoms with Crippen molar-refractivity contribution >= 4 is 11.7 Å². The van der Waals surface area contributed by atoms with Gasteiger partial charge in [0.05, 0.1) is 0 Å². The van der Waals surface area contributed by atoms with Crippen molar-refractivity contribution in [2.75, 3.05) is 0 Å². The summed E-state index contributed by atoms with van der Waals surface area (Å²) in [6.45, 7) is 1.31. The maximum atomic E-state index is 10.6. The summed E-state index contributed by atoms with van der Waals surface area (Å²) in [5.41, 5.74) is 8.56. The Morgan fingerprint density at radius 1 is 1.62 bits per heavy atom. The van der Waals surface area contributed by atoms with Crippen molar-refractivity contribution in [3.63, 3.8) is 0 Å². The van der Waals surface area contributed by atoms with E-state index in [9.17, 15) is 4.79 Å². The van der Waals surface area contributed by atoms with E-state index >= 15 is 0 Å². The predicted octanol–water partition coefficient (Wildman–Crippen LogP) is 2.55. The van der Waals surface area contributed by atoms with Crippen molar-refractivity contribution in [1.29, 1.82) is 0 Å². The normalized spacial score (nSPS) is 8.69. The van der Waals surface area contributed by atoms with Crippen molar-refractivity contribution in [1.82, 2.24) is 0 Å². The van der Waals surface area contributed by atoms with Crippen LogP contribution >= 0.6 is 0 Å². The summed E-state index contributed by atoms with van der Waals surface area (Å²) in [5, 5.41) is 3.36. The van der Waals surface area contributed by atoms with Crippen LogP contribution in [0, 0.1) is 0 Å². The first-order valence-corrected chi connectivity index (χ1v) is 3.56. The average molecular weight is 177 g/mol. The zero-order valence-corrected chi connectivity index (χ0v) is 6.97. The maximum Gasteiger partial charge on any atom is 0.308 e. The third-order valence-corrected chi connectivity index (χ3v) is 1.24. The molecule has 0 N–H and O–H groups in total. The number of benzene rings is 1. The fourth-order valence-corrected chi connectivity index (χ4v) is 0.827. The van der Waals surface area contributed by atoms with Gasteiger partial charge in [-0.25, -0.2) is 0 Å². The molecule has 13 heavy (non-hydrogen) atoms. The Morgan fingerprint density at radius 3 is 3.00 bits per heavy atom. The molecular formula is C8H7N3O2. The molecule has 0 atom stereocenters. The van der Waals surface area contributed by atoms with E-state index in [4.69, 9.17) is 10.3 Å². The highest BCUT2D eigenvalue weighted by Crippen LogP contribution is 2.19. The molecule has 0 heterocycles. The minimum Gasteiger partial charge on any atom is -0.427 e. The number of hydrogen-bond acceptors (Lipinski definition) is 3. The van der Waals surface area contributed by atoms with Crippen LogP contribution in [0.5, 0.6) is 5.75 Å². The second-order valence-corrected chi connectivity index (χ2v) is 2.28. The molecule has 0 amide bonds. The Labute approximate surface area is 74.6 Å². The van der Waals surface area contributed by atoms with Gasteiger partial charge in [-0.05, 0) is 17.7 Å². The lowest BCUT2D eigenvalue weighted by atomic mass is 10.3. The summed E-state index contributed by atoms with van der Waals surface area (Å²) in [6, 6.07) is 6.36. The first-order valence-electron chi connectivity index (χ1n) is 3.56. The third kappa shape index (κ3) is 2.84. The number of rotatable bonds is 2. The van der Waals surface area contributed by atoms with E-state index in [0.717, 1.165) is 0 Å². The highest BCUT2D eigenvalue weighted by atomic mass is 16.5. The van der Waals surface area contributed by atoms with Crippen molar-refractivity contribution in [2.24, 2.45) is 5.11 Å². The van der Waals surface area contributed by atoms with E-state index < -0.39 is 5.97 Å². The van der Waals surface area contributed by atoms with Gasteiger partial charge in [-0.15, -0.1) is 0 Å². The fraction of sp³-hybridized carbons (Fsp3) is 0.125. The van der Waals surface area contributed by atoms with Gasteiger partial charge in [0.2, 0.25) is 0 Å². The predicted molar refractivity (Wildman–Crippen MR) is 46.6 cm³/mol. The first-order chi connectivity index (χ1) is 6.22. The zero-order chi connectivity index (χ0) is 9.68. The Balaban J connectivity index is 2.91. The molecule has 0 aliphatic carbocycles. The summed E-state index contributed by atoms with van der Waals surface area (Å²) >= 11 is 0. The van der Waals surface area contributed by atoms with E-state index in [1.54, 1.807) is 18.2 Å². The lowest BCUT2D eigenvalue weighted by Gasteiger charge is -2.00. The molecule has 66 valence electrons. The van der Waals surface area contributed by atoms with Gasteiger partial charge in [-0.1, -0.05) is 17.2 Å². The number of hydrogen-bond donors (Lipinski definition) is 0. The molecule has 0 unspecified atom stereocenters. The Kier molecular flexibility index (Phi) is 2.89. The van der Waals surface area contributed by atoms with Crippen LogP contribution in [0.15, 0.2) is 29.4 Å². The minimum atomic E-state index is -0.405. The Hall–Kier alpha value is -2.00. The fourth-order valence-electron chi connectivity index (χ4n) is 0.827. The number of ether oxygens (including phenoxy) is 1. The quantitative estimate of drug-likeness (QED) is 0.229. The lowest BCUT2D eigenvalue weighted by Crippen LogP contribution is -2.00. The smallest absolute Gasteiger partial charge is 0.308 e. The first kappa shape index (κ1) is 9.09. The van der Waals surface area contributed by atoms with E-state index in [0.29, 0.717) is 11.4 Å². The monoisotopic (exact) mass is 177 g/mol. The van der Waals surface area contributed by atoms with Crippen LogP contribution in [0.3, 0.4) is 0 Å². The van der Waals surface area contributed by atoms with E-state index in [2.05, 4.69) is 10.0 Å². The number of carbonyl (C=O) groups is 1. The van der Waals surface area contributed by atoms with Crippen LogP contribution < -0.4 is 4.74 Å². The summed E-state index contributed by atoms with van der Waals surface area (Å²) < 4.78 is 4.78. The number of carbonyl (C=O) groups excluding carboxylic acids is 1. The summed E-state index contributed by atoms with van der Waals surface area (Å²) in [4.78, 5) is 13.2. The van der Waals surface area contributed by atoms with E-state index in [1.807, 2.05) is 0 Å². The summed E-state index contributed by atoms with van der Waals surface area (Å²) in [7, 11) is 0. The highest BCUT2D eigenvalue weighted by Gasteiger charge is 1.97. The SMILES string of the molecule is CC(=O)Oc1cccc(N=[N+]=[N-])c1. The highest BCUT2D eigenvalue weighted by molar-refractivity contribution is 5.69. The second-order valence-electron chi connectivity index (χ2n) is 2.28. The molecular weight excluding hydrogens is 170 g/mol. The molecule has 0 fully saturated rings. The molecule has 0 aliphatic heterocycles. The molecule has 0 aliphatic rings. The molecule has 0 saturated heterocycles. The standard InChI is InChI=1S/C8H7N3O2/c1-6(12)13-8-4-2-3-7(5-8)10-11-9/h2-5H,1H3. The molecule has 0 aromatic heterocycles. The van der Waals surface area contributed by atoms with Crippen molar-refractivity contribution in [3.8, 4) is 5.75 Å². The van der Waals surface area contributed by atoms with Gasteiger partial charge in [-0.2, -0.15) is 0 Å².